The number of phenols is 1. The lowest BCUT2D eigenvalue weighted by Gasteiger charge is -2.28. The van der Waals surface area contributed by atoms with Gasteiger partial charge in [0.1, 0.15) is 10.8 Å². The van der Waals surface area contributed by atoms with Crippen molar-refractivity contribution in [3.8, 4) is 5.75 Å². The van der Waals surface area contributed by atoms with Crippen molar-refractivity contribution in [2.75, 3.05) is 10.6 Å². The molecular formula is C27H33N5O3S. The molecule has 9 heteroatoms. The van der Waals surface area contributed by atoms with Crippen molar-refractivity contribution in [2.24, 2.45) is 4.99 Å². The highest BCUT2D eigenvalue weighted by molar-refractivity contribution is 7.13. The average molecular weight is 508 g/mol. The summed E-state index contributed by atoms with van der Waals surface area (Å²) in [6, 6.07) is 13.5. The van der Waals surface area contributed by atoms with E-state index in [9.17, 15) is 14.7 Å². The maximum Gasteiger partial charge on any atom is 0.337 e. The van der Waals surface area contributed by atoms with Crippen molar-refractivity contribution >= 4 is 46.0 Å². The zero-order chi connectivity index (χ0) is 26.5. The van der Waals surface area contributed by atoms with Crippen molar-refractivity contribution in [2.45, 2.75) is 52.4 Å². The van der Waals surface area contributed by atoms with Gasteiger partial charge < -0.3 is 15.7 Å². The summed E-state index contributed by atoms with van der Waals surface area (Å²) >= 11 is 1.53. The molecule has 0 saturated heterocycles. The van der Waals surface area contributed by atoms with Crippen molar-refractivity contribution in [1.82, 2.24) is 10.9 Å². The van der Waals surface area contributed by atoms with Gasteiger partial charge in [-0.3, -0.25) is 10.2 Å². The molecule has 190 valence electrons. The number of hydrogen-bond acceptors (Lipinski definition) is 5. The lowest BCUT2D eigenvalue weighted by atomic mass is 9.79. The van der Waals surface area contributed by atoms with E-state index in [-0.39, 0.29) is 16.6 Å². The van der Waals surface area contributed by atoms with Crippen LogP contribution in [-0.4, -0.2) is 23.4 Å². The molecule has 1 heterocycles. The fourth-order valence-electron chi connectivity index (χ4n) is 3.43. The fraction of sp³-hybridized carbons (Fsp3) is 0.296. The Morgan fingerprint density at radius 2 is 1.50 bits per heavy atom. The molecule has 3 rings (SSSR count). The Balaban J connectivity index is 1.60. The van der Waals surface area contributed by atoms with Gasteiger partial charge in [0.05, 0.1) is 6.34 Å². The number of nitrogens with zero attached hydrogens (tertiary/aromatic N) is 1. The molecule has 0 bridgehead atoms. The van der Waals surface area contributed by atoms with Gasteiger partial charge in [0.15, 0.2) is 0 Å². The summed E-state index contributed by atoms with van der Waals surface area (Å²) in [5, 5.41) is 19.5. The van der Waals surface area contributed by atoms with E-state index in [4.69, 9.17) is 0 Å². The van der Waals surface area contributed by atoms with Crippen LogP contribution in [0.25, 0.3) is 0 Å². The standard InChI is InChI=1S/C27H33N5O3S/c1-26(2,3)20-14-19(15-21(23(20)33)27(4,5)6)30-25(35)32-31-24(34)17-9-11-18(12-10-17)28-16-29-22-8-7-13-36-22/h7-16,33H,1-6H3,(H,28,29)(H,31,34)(H2,30,32,35). The molecule has 0 aliphatic rings. The number of rotatable bonds is 5. The van der Waals surface area contributed by atoms with Crippen LogP contribution in [0.3, 0.4) is 0 Å². The molecule has 0 fully saturated rings. The normalized spacial score (nSPS) is 11.8. The van der Waals surface area contributed by atoms with Gasteiger partial charge in [0, 0.05) is 28.1 Å². The number of hydrazine groups is 1. The van der Waals surface area contributed by atoms with Crippen molar-refractivity contribution in [3.05, 3.63) is 70.6 Å². The minimum atomic E-state index is -0.600. The van der Waals surface area contributed by atoms with Gasteiger partial charge in [-0.05, 0) is 64.7 Å². The highest BCUT2D eigenvalue weighted by Gasteiger charge is 2.27. The van der Waals surface area contributed by atoms with Gasteiger partial charge >= 0.3 is 6.03 Å². The first-order valence-corrected chi connectivity index (χ1v) is 12.4. The summed E-state index contributed by atoms with van der Waals surface area (Å²) in [7, 11) is 0. The first-order chi connectivity index (χ1) is 16.8. The second-order valence-electron chi connectivity index (χ2n) is 10.4. The summed E-state index contributed by atoms with van der Waals surface area (Å²) in [5.41, 5.74) is 7.25. The number of hydrogen-bond donors (Lipinski definition) is 5. The van der Waals surface area contributed by atoms with Crippen LogP contribution in [0.5, 0.6) is 5.75 Å². The first-order valence-electron chi connectivity index (χ1n) is 11.5. The van der Waals surface area contributed by atoms with E-state index in [2.05, 4.69) is 26.5 Å². The van der Waals surface area contributed by atoms with Crippen LogP contribution in [0.2, 0.25) is 0 Å². The van der Waals surface area contributed by atoms with E-state index in [1.54, 1.807) is 42.7 Å². The van der Waals surface area contributed by atoms with Crippen LogP contribution in [0, 0.1) is 0 Å². The molecule has 36 heavy (non-hydrogen) atoms. The second kappa shape index (κ2) is 10.8. The highest BCUT2D eigenvalue weighted by Crippen LogP contribution is 2.41. The number of amides is 3. The number of nitrogens with one attached hydrogen (secondary N) is 4. The molecule has 5 N–H and O–H groups in total. The number of thiophene rings is 1. The van der Waals surface area contributed by atoms with E-state index >= 15 is 0 Å². The number of carbonyl (C=O) groups excluding carboxylic acids is 2. The average Bonchev–Trinajstić information content (AvgIpc) is 3.31. The minimum Gasteiger partial charge on any atom is -0.507 e. The molecule has 0 unspecified atom stereocenters. The lowest BCUT2D eigenvalue weighted by molar-refractivity contribution is 0.0938. The number of benzene rings is 2. The molecule has 0 spiro atoms. The largest absolute Gasteiger partial charge is 0.507 e. The maximum absolute atomic E-state index is 12.5. The van der Waals surface area contributed by atoms with E-state index in [0.717, 1.165) is 21.8 Å². The van der Waals surface area contributed by atoms with Gasteiger partial charge in [0.2, 0.25) is 0 Å². The summed E-state index contributed by atoms with van der Waals surface area (Å²) in [5.74, 6) is -0.231. The fourth-order valence-corrected chi connectivity index (χ4v) is 4.00. The molecule has 0 aliphatic heterocycles. The number of phenolic OH excluding ortho intramolecular Hbond substituents is 1. The lowest BCUT2D eigenvalue weighted by Crippen LogP contribution is -2.44. The molecule has 3 aromatic rings. The van der Waals surface area contributed by atoms with Crippen LogP contribution < -0.4 is 21.5 Å². The smallest absolute Gasteiger partial charge is 0.337 e. The summed E-state index contributed by atoms with van der Waals surface area (Å²) < 4.78 is 0. The van der Waals surface area contributed by atoms with Crippen LogP contribution >= 0.6 is 11.3 Å². The van der Waals surface area contributed by atoms with Crippen LogP contribution in [0.4, 0.5) is 21.2 Å². The summed E-state index contributed by atoms with van der Waals surface area (Å²) in [4.78, 5) is 29.2. The van der Waals surface area contributed by atoms with Crippen molar-refractivity contribution in [3.63, 3.8) is 0 Å². The number of anilines is 2. The third-order valence-corrected chi connectivity index (χ3v) is 6.13. The third kappa shape index (κ3) is 7.08. The molecule has 3 amide bonds. The predicted molar refractivity (Wildman–Crippen MR) is 148 cm³/mol. The van der Waals surface area contributed by atoms with E-state index in [0.29, 0.717) is 11.3 Å². The molecule has 1 aromatic heterocycles. The Bertz CT molecular complexity index is 1200. The van der Waals surface area contributed by atoms with Gasteiger partial charge in [-0.25, -0.2) is 15.2 Å². The first kappa shape index (κ1) is 26.7. The number of aromatic hydroxyl groups is 1. The van der Waals surface area contributed by atoms with Gasteiger partial charge in [-0.15, -0.1) is 11.3 Å². The summed E-state index contributed by atoms with van der Waals surface area (Å²) in [6.07, 6.45) is 1.59. The Morgan fingerprint density at radius 1 is 0.889 bits per heavy atom. The summed E-state index contributed by atoms with van der Waals surface area (Å²) in [6.45, 7) is 12.0. The molecule has 0 saturated carbocycles. The second-order valence-corrected chi connectivity index (χ2v) is 11.3. The SMILES string of the molecule is CC(C)(C)c1cc(NC(=O)NNC(=O)c2ccc(N/C=N/c3cccs3)cc2)cc(C(C)(C)C)c1O. The van der Waals surface area contributed by atoms with Crippen LogP contribution in [0.15, 0.2) is 58.9 Å². The molecule has 0 radical (unpaired) electrons. The Morgan fingerprint density at radius 3 is 2.03 bits per heavy atom. The Kier molecular flexibility index (Phi) is 8.04. The zero-order valence-corrected chi connectivity index (χ0v) is 22.2. The van der Waals surface area contributed by atoms with Crippen molar-refractivity contribution in [1.29, 1.82) is 0 Å². The monoisotopic (exact) mass is 507 g/mol. The zero-order valence-electron chi connectivity index (χ0n) is 21.4. The third-order valence-electron chi connectivity index (χ3n) is 5.35. The molecular weight excluding hydrogens is 474 g/mol. The number of aliphatic imine (C=N–C) groups is 1. The number of carbonyl (C=O) groups is 2. The van der Waals surface area contributed by atoms with Crippen LogP contribution in [0.1, 0.15) is 63.0 Å². The maximum atomic E-state index is 12.5. The quantitative estimate of drug-likeness (QED) is 0.121. The minimum absolute atomic E-state index is 0.227. The molecule has 8 nitrogen and oxygen atoms in total. The Labute approximate surface area is 215 Å². The topological polar surface area (TPSA) is 115 Å². The van der Waals surface area contributed by atoms with Gasteiger partial charge in [-0.1, -0.05) is 41.5 Å². The van der Waals surface area contributed by atoms with E-state index in [1.165, 1.54) is 11.3 Å². The van der Waals surface area contributed by atoms with E-state index in [1.807, 2.05) is 59.1 Å². The van der Waals surface area contributed by atoms with Gasteiger partial charge in [0.25, 0.3) is 5.91 Å². The Hall–Kier alpha value is -3.85. The molecule has 0 aliphatic carbocycles. The van der Waals surface area contributed by atoms with E-state index < -0.39 is 11.9 Å². The number of urea groups is 1. The molecule has 2 aromatic carbocycles. The highest BCUT2D eigenvalue weighted by atomic mass is 32.1. The predicted octanol–water partition coefficient (Wildman–Crippen LogP) is 6.29. The van der Waals surface area contributed by atoms with Crippen molar-refractivity contribution < 1.29 is 14.7 Å². The molecule has 0 atom stereocenters. The van der Waals surface area contributed by atoms with Crippen LogP contribution in [-0.2, 0) is 10.8 Å². The van der Waals surface area contributed by atoms with Gasteiger partial charge in [-0.2, -0.15) is 0 Å².